The monoisotopic (exact) mass is 399 g/mol. The third kappa shape index (κ3) is 3.84. The van der Waals surface area contributed by atoms with Crippen LogP contribution < -0.4 is 5.32 Å². The standard InChI is InChI=1S/C20H16F3N5O/c1-28(11-20(21,22)23)19(29)15-5-2-4-12-10-13(7-8-14(12)15)25-18-17-16(26-27-18)6-3-9-24-17/h2-10H,11H2,1H3,(H2,25,26,27). The van der Waals surface area contributed by atoms with Gasteiger partial charge in [0.1, 0.15) is 12.1 Å². The summed E-state index contributed by atoms with van der Waals surface area (Å²) in [6.45, 7) is -1.30. The molecule has 1 amide bonds. The van der Waals surface area contributed by atoms with Crippen LogP contribution in [0.4, 0.5) is 24.7 Å². The van der Waals surface area contributed by atoms with E-state index in [0.717, 1.165) is 12.6 Å². The van der Waals surface area contributed by atoms with E-state index in [1.54, 1.807) is 42.6 Å². The summed E-state index contributed by atoms with van der Waals surface area (Å²) in [5.74, 6) is -0.131. The molecule has 2 N–H and O–H groups in total. The molecule has 9 heteroatoms. The number of carbonyl (C=O) groups excluding carboxylic acids is 1. The van der Waals surface area contributed by atoms with Crippen LogP contribution in [0.2, 0.25) is 0 Å². The van der Waals surface area contributed by atoms with Crippen molar-refractivity contribution in [3.05, 3.63) is 60.3 Å². The molecule has 0 saturated heterocycles. The van der Waals surface area contributed by atoms with Crippen molar-refractivity contribution in [2.45, 2.75) is 6.18 Å². The molecule has 4 rings (SSSR count). The van der Waals surface area contributed by atoms with Crippen LogP contribution in [0.3, 0.4) is 0 Å². The maximum Gasteiger partial charge on any atom is 0.406 e. The molecule has 0 spiro atoms. The first kappa shape index (κ1) is 18.7. The summed E-state index contributed by atoms with van der Waals surface area (Å²) in [6.07, 6.45) is -2.79. The van der Waals surface area contributed by atoms with Crippen molar-refractivity contribution in [1.82, 2.24) is 20.1 Å². The molecule has 148 valence electrons. The first-order valence-electron chi connectivity index (χ1n) is 8.73. The molecule has 6 nitrogen and oxygen atoms in total. The molecule has 0 radical (unpaired) electrons. The van der Waals surface area contributed by atoms with Gasteiger partial charge in [-0.05, 0) is 41.1 Å². The minimum atomic E-state index is -4.45. The fraction of sp³-hybridized carbons (Fsp3) is 0.150. The molecule has 0 atom stereocenters. The highest BCUT2D eigenvalue weighted by Crippen LogP contribution is 2.27. The maximum absolute atomic E-state index is 12.6. The van der Waals surface area contributed by atoms with Gasteiger partial charge < -0.3 is 10.2 Å². The summed E-state index contributed by atoms with van der Waals surface area (Å²) < 4.78 is 37.9. The van der Waals surface area contributed by atoms with Crippen LogP contribution in [-0.4, -0.2) is 45.8 Å². The average molecular weight is 399 g/mol. The number of anilines is 2. The third-order valence-electron chi connectivity index (χ3n) is 4.46. The number of pyridine rings is 1. The first-order valence-corrected chi connectivity index (χ1v) is 8.73. The summed E-state index contributed by atoms with van der Waals surface area (Å²) in [5, 5.41) is 11.6. The number of hydrogen-bond donors (Lipinski definition) is 2. The molecule has 0 unspecified atom stereocenters. The van der Waals surface area contributed by atoms with Gasteiger partial charge in [-0.2, -0.15) is 18.3 Å². The van der Waals surface area contributed by atoms with Crippen molar-refractivity contribution < 1.29 is 18.0 Å². The molecule has 0 saturated carbocycles. The molecular weight excluding hydrogens is 383 g/mol. The summed E-state index contributed by atoms with van der Waals surface area (Å²) in [4.78, 5) is 17.5. The van der Waals surface area contributed by atoms with Gasteiger partial charge in [0, 0.05) is 24.5 Å². The zero-order chi connectivity index (χ0) is 20.6. The van der Waals surface area contributed by atoms with E-state index >= 15 is 0 Å². The number of alkyl halides is 3. The predicted molar refractivity (Wildman–Crippen MR) is 104 cm³/mol. The number of fused-ring (bicyclic) bond motifs is 2. The van der Waals surface area contributed by atoms with E-state index in [1.807, 2.05) is 6.07 Å². The lowest BCUT2D eigenvalue weighted by molar-refractivity contribution is -0.138. The number of aromatic nitrogens is 3. The van der Waals surface area contributed by atoms with Gasteiger partial charge in [-0.25, -0.2) is 0 Å². The Balaban J connectivity index is 1.65. The Hall–Kier alpha value is -3.62. The number of amides is 1. The quantitative estimate of drug-likeness (QED) is 0.530. The second kappa shape index (κ2) is 7.08. The van der Waals surface area contributed by atoms with Crippen molar-refractivity contribution in [1.29, 1.82) is 0 Å². The number of benzene rings is 2. The average Bonchev–Trinajstić information content (AvgIpc) is 3.08. The van der Waals surface area contributed by atoms with E-state index < -0.39 is 18.6 Å². The highest BCUT2D eigenvalue weighted by Gasteiger charge is 2.31. The summed E-state index contributed by atoms with van der Waals surface area (Å²) in [7, 11) is 1.14. The van der Waals surface area contributed by atoms with Gasteiger partial charge in [0.05, 0.1) is 5.52 Å². The maximum atomic E-state index is 12.6. The van der Waals surface area contributed by atoms with Crippen LogP contribution in [0.15, 0.2) is 54.7 Å². The van der Waals surface area contributed by atoms with Crippen LogP contribution in [-0.2, 0) is 0 Å². The van der Waals surface area contributed by atoms with Crippen molar-refractivity contribution in [3.63, 3.8) is 0 Å². The first-order chi connectivity index (χ1) is 13.8. The van der Waals surface area contributed by atoms with E-state index in [9.17, 15) is 18.0 Å². The molecule has 0 bridgehead atoms. The lowest BCUT2D eigenvalue weighted by Crippen LogP contribution is -2.35. The fourth-order valence-corrected chi connectivity index (χ4v) is 3.17. The second-order valence-corrected chi connectivity index (χ2v) is 6.61. The van der Waals surface area contributed by atoms with Gasteiger partial charge in [-0.15, -0.1) is 0 Å². The van der Waals surface area contributed by atoms with Gasteiger partial charge >= 0.3 is 6.18 Å². The normalized spacial score (nSPS) is 11.7. The molecule has 0 aliphatic heterocycles. The van der Waals surface area contributed by atoms with Gasteiger partial charge in [-0.3, -0.25) is 14.9 Å². The molecule has 4 aromatic rings. The van der Waals surface area contributed by atoms with E-state index in [0.29, 0.717) is 32.7 Å². The number of nitrogens with zero attached hydrogens (tertiary/aromatic N) is 3. The van der Waals surface area contributed by atoms with E-state index in [1.165, 1.54) is 6.07 Å². The molecule has 2 aromatic heterocycles. The van der Waals surface area contributed by atoms with Gasteiger partial charge in [0.2, 0.25) is 0 Å². The summed E-state index contributed by atoms with van der Waals surface area (Å²) in [6, 6.07) is 13.9. The minimum Gasteiger partial charge on any atom is -0.337 e. The van der Waals surface area contributed by atoms with E-state index in [2.05, 4.69) is 20.5 Å². The minimum absolute atomic E-state index is 0.215. The van der Waals surface area contributed by atoms with Gasteiger partial charge in [0.25, 0.3) is 5.91 Å². The topological polar surface area (TPSA) is 73.9 Å². The Kier molecular flexibility index (Phi) is 4.57. The number of carbonyl (C=O) groups is 1. The second-order valence-electron chi connectivity index (χ2n) is 6.61. The lowest BCUT2D eigenvalue weighted by Gasteiger charge is -2.20. The molecule has 0 aliphatic carbocycles. The number of halogens is 3. The van der Waals surface area contributed by atoms with Crippen LogP contribution in [0.1, 0.15) is 10.4 Å². The molecule has 29 heavy (non-hydrogen) atoms. The van der Waals surface area contributed by atoms with Crippen LogP contribution >= 0.6 is 0 Å². The molecule has 0 fully saturated rings. The smallest absolute Gasteiger partial charge is 0.337 e. The highest BCUT2D eigenvalue weighted by molar-refractivity contribution is 6.07. The van der Waals surface area contributed by atoms with Crippen LogP contribution in [0.5, 0.6) is 0 Å². The molecule has 2 heterocycles. The number of rotatable bonds is 4. The van der Waals surface area contributed by atoms with E-state index in [4.69, 9.17) is 0 Å². The highest BCUT2D eigenvalue weighted by atomic mass is 19.4. The Labute approximate surface area is 163 Å². The lowest BCUT2D eigenvalue weighted by atomic mass is 10.0. The SMILES string of the molecule is CN(CC(F)(F)F)C(=O)c1cccc2cc(Nc3n[nH]c4cccnc34)ccc12. The predicted octanol–water partition coefficient (Wildman–Crippen LogP) is 4.49. The van der Waals surface area contributed by atoms with Crippen LogP contribution in [0.25, 0.3) is 21.8 Å². The van der Waals surface area contributed by atoms with Crippen molar-refractivity contribution >= 4 is 39.2 Å². The third-order valence-corrected chi connectivity index (χ3v) is 4.46. The van der Waals surface area contributed by atoms with Crippen LogP contribution in [0, 0.1) is 0 Å². The summed E-state index contributed by atoms with van der Waals surface area (Å²) in [5.41, 5.74) is 2.40. The fourth-order valence-electron chi connectivity index (χ4n) is 3.17. The summed E-state index contributed by atoms with van der Waals surface area (Å²) >= 11 is 0. The molecular formula is C20H16F3N5O. The van der Waals surface area contributed by atoms with Gasteiger partial charge in [0.15, 0.2) is 5.82 Å². The number of aromatic amines is 1. The Bertz CT molecular complexity index is 1200. The number of nitrogens with one attached hydrogen (secondary N) is 2. The molecule has 2 aromatic carbocycles. The molecule has 0 aliphatic rings. The Morgan fingerprint density at radius 3 is 2.79 bits per heavy atom. The van der Waals surface area contributed by atoms with Crippen molar-refractivity contribution in [2.24, 2.45) is 0 Å². The zero-order valence-corrected chi connectivity index (χ0v) is 15.3. The largest absolute Gasteiger partial charge is 0.406 e. The Morgan fingerprint density at radius 2 is 2.00 bits per heavy atom. The Morgan fingerprint density at radius 1 is 1.17 bits per heavy atom. The van der Waals surface area contributed by atoms with E-state index in [-0.39, 0.29) is 5.56 Å². The van der Waals surface area contributed by atoms with Crippen molar-refractivity contribution in [2.75, 3.05) is 18.9 Å². The van der Waals surface area contributed by atoms with Gasteiger partial charge in [-0.1, -0.05) is 18.2 Å². The zero-order valence-electron chi connectivity index (χ0n) is 15.3. The number of hydrogen-bond acceptors (Lipinski definition) is 4. The number of H-pyrrole nitrogens is 1. The van der Waals surface area contributed by atoms with Crippen molar-refractivity contribution in [3.8, 4) is 0 Å².